The lowest BCUT2D eigenvalue weighted by Gasteiger charge is -2.12. The number of carbonyl (C=O) groups is 3. The van der Waals surface area contributed by atoms with Gasteiger partial charge in [-0.2, -0.15) is 0 Å². The van der Waals surface area contributed by atoms with Crippen LogP contribution in [-0.4, -0.2) is 35.5 Å². The Morgan fingerprint density at radius 3 is 2.30 bits per heavy atom. The molecule has 27 heavy (non-hydrogen) atoms. The quantitative estimate of drug-likeness (QED) is 0.577. The van der Waals surface area contributed by atoms with Gasteiger partial charge in [0, 0.05) is 13.1 Å². The highest BCUT2D eigenvalue weighted by molar-refractivity contribution is 6.40. The van der Waals surface area contributed by atoms with E-state index in [-0.39, 0.29) is 23.7 Å². The number of amides is 3. The Morgan fingerprint density at radius 2 is 1.63 bits per heavy atom. The number of hydrogen-bond donors (Lipinski definition) is 4. The van der Waals surface area contributed by atoms with E-state index < -0.39 is 17.9 Å². The van der Waals surface area contributed by atoms with Gasteiger partial charge in [0.2, 0.25) is 0 Å². The normalized spacial score (nSPS) is 11.4. The average molecular weight is 369 g/mol. The monoisotopic (exact) mass is 369 g/mol. The molecule has 0 radical (unpaired) electrons. The summed E-state index contributed by atoms with van der Waals surface area (Å²) in [5, 5.41) is 16.7. The van der Waals surface area contributed by atoms with Crippen LogP contribution in [0, 0.1) is 6.92 Å². The second-order valence-corrected chi connectivity index (χ2v) is 6.23. The lowest BCUT2D eigenvalue weighted by Crippen LogP contribution is -2.39. The molecule has 0 saturated heterocycles. The van der Waals surface area contributed by atoms with E-state index in [1.54, 1.807) is 24.3 Å². The van der Waals surface area contributed by atoms with Crippen molar-refractivity contribution in [1.82, 2.24) is 10.6 Å². The van der Waals surface area contributed by atoms with Gasteiger partial charge >= 0.3 is 11.8 Å². The van der Waals surface area contributed by atoms with Crippen molar-refractivity contribution in [2.45, 2.75) is 26.5 Å². The Kier molecular flexibility index (Phi) is 7.08. The van der Waals surface area contributed by atoms with Crippen LogP contribution in [0.3, 0.4) is 0 Å². The molecule has 2 aromatic carbocycles. The molecule has 0 unspecified atom stereocenters. The third-order valence-corrected chi connectivity index (χ3v) is 3.76. The molecule has 2 rings (SSSR count). The minimum atomic E-state index is -0.908. The summed E-state index contributed by atoms with van der Waals surface area (Å²) in [5.74, 6) is -2.16. The predicted octanol–water partition coefficient (Wildman–Crippen LogP) is 1.36. The average Bonchev–Trinajstić information content (AvgIpc) is 2.65. The summed E-state index contributed by atoms with van der Waals surface area (Å²) in [6, 6.07) is 14.2. The predicted molar refractivity (Wildman–Crippen MR) is 102 cm³/mol. The molecular weight excluding hydrogens is 346 g/mol. The third-order valence-electron chi connectivity index (χ3n) is 3.76. The highest BCUT2D eigenvalue weighted by Gasteiger charge is 2.18. The van der Waals surface area contributed by atoms with Gasteiger partial charge in [-0.05, 0) is 31.5 Å². The van der Waals surface area contributed by atoms with E-state index in [1.165, 1.54) is 6.92 Å². The molecule has 0 bridgehead atoms. The van der Waals surface area contributed by atoms with Crippen LogP contribution in [0.25, 0.3) is 0 Å². The Bertz CT molecular complexity index is 816. The molecule has 7 nitrogen and oxygen atoms in total. The number of aryl methyl sites for hydroxylation is 1. The van der Waals surface area contributed by atoms with Gasteiger partial charge in [0.05, 0.1) is 17.4 Å². The maximum absolute atomic E-state index is 12.5. The zero-order chi connectivity index (χ0) is 19.8. The van der Waals surface area contributed by atoms with Gasteiger partial charge in [0.25, 0.3) is 5.91 Å². The number of nitrogens with one attached hydrogen (secondary N) is 3. The van der Waals surface area contributed by atoms with E-state index in [0.717, 1.165) is 11.1 Å². The van der Waals surface area contributed by atoms with Crippen molar-refractivity contribution in [3.05, 3.63) is 65.2 Å². The highest BCUT2D eigenvalue weighted by atomic mass is 16.3. The van der Waals surface area contributed by atoms with Gasteiger partial charge < -0.3 is 21.1 Å². The standard InChI is InChI=1S/C20H23N3O4/c1-13-7-9-15(10-8-13)12-22-18(25)16-5-3-4-6-17(16)23-20(27)19(26)21-11-14(2)24/h3-10,14,24H,11-12H2,1-2H3,(H,21,26)(H,22,25)(H,23,27)/t14-/m1/s1. The van der Waals surface area contributed by atoms with Crippen molar-refractivity contribution in [2.24, 2.45) is 0 Å². The summed E-state index contributed by atoms with van der Waals surface area (Å²) in [5.41, 5.74) is 2.57. The van der Waals surface area contributed by atoms with Crippen LogP contribution in [0.1, 0.15) is 28.4 Å². The molecule has 0 aliphatic carbocycles. The first-order valence-electron chi connectivity index (χ1n) is 8.57. The first-order valence-corrected chi connectivity index (χ1v) is 8.57. The fourth-order valence-electron chi connectivity index (χ4n) is 2.27. The maximum Gasteiger partial charge on any atom is 0.313 e. The number of aliphatic hydroxyl groups excluding tert-OH is 1. The van der Waals surface area contributed by atoms with E-state index in [2.05, 4.69) is 16.0 Å². The first kappa shape index (κ1) is 20.1. The second kappa shape index (κ2) is 9.49. The molecular formula is C20H23N3O4. The minimum Gasteiger partial charge on any atom is -0.392 e. The third kappa shape index (κ3) is 6.23. The SMILES string of the molecule is Cc1ccc(CNC(=O)c2ccccc2NC(=O)C(=O)NC[C@@H](C)O)cc1. The number of hydrogen-bond acceptors (Lipinski definition) is 4. The van der Waals surface area contributed by atoms with Crippen LogP contribution in [0.15, 0.2) is 48.5 Å². The van der Waals surface area contributed by atoms with Gasteiger partial charge in [-0.3, -0.25) is 14.4 Å². The summed E-state index contributed by atoms with van der Waals surface area (Å²) in [6.07, 6.45) is -0.762. The van der Waals surface area contributed by atoms with Crippen LogP contribution < -0.4 is 16.0 Å². The van der Waals surface area contributed by atoms with Gasteiger partial charge in [0.1, 0.15) is 0 Å². The molecule has 2 aromatic rings. The number of carbonyl (C=O) groups excluding carboxylic acids is 3. The van der Waals surface area contributed by atoms with Crippen molar-refractivity contribution in [3.63, 3.8) is 0 Å². The summed E-state index contributed by atoms with van der Waals surface area (Å²) in [4.78, 5) is 36.2. The molecule has 0 spiro atoms. The molecule has 0 heterocycles. The fourth-order valence-corrected chi connectivity index (χ4v) is 2.27. The van der Waals surface area contributed by atoms with E-state index in [9.17, 15) is 14.4 Å². The smallest absolute Gasteiger partial charge is 0.313 e. The number of anilines is 1. The van der Waals surface area contributed by atoms with Gasteiger partial charge in [-0.25, -0.2) is 0 Å². The molecule has 4 N–H and O–H groups in total. The first-order chi connectivity index (χ1) is 12.9. The number of aliphatic hydroxyl groups is 1. The van der Waals surface area contributed by atoms with E-state index >= 15 is 0 Å². The number of para-hydroxylation sites is 1. The van der Waals surface area contributed by atoms with Crippen molar-refractivity contribution in [2.75, 3.05) is 11.9 Å². The molecule has 0 aliphatic rings. The van der Waals surface area contributed by atoms with Crippen LogP contribution in [0.5, 0.6) is 0 Å². The molecule has 0 aromatic heterocycles. The molecule has 3 amide bonds. The van der Waals surface area contributed by atoms with Crippen molar-refractivity contribution in [1.29, 1.82) is 0 Å². The molecule has 1 atom stereocenters. The van der Waals surface area contributed by atoms with Crippen LogP contribution in [0.2, 0.25) is 0 Å². The number of rotatable bonds is 6. The van der Waals surface area contributed by atoms with Crippen LogP contribution in [-0.2, 0) is 16.1 Å². The summed E-state index contributed by atoms with van der Waals surface area (Å²) < 4.78 is 0. The lowest BCUT2D eigenvalue weighted by molar-refractivity contribution is -0.136. The topological polar surface area (TPSA) is 108 Å². The highest BCUT2D eigenvalue weighted by Crippen LogP contribution is 2.15. The molecule has 0 fully saturated rings. The Hall–Kier alpha value is -3.19. The largest absolute Gasteiger partial charge is 0.392 e. The maximum atomic E-state index is 12.5. The van der Waals surface area contributed by atoms with E-state index in [4.69, 9.17) is 5.11 Å². The van der Waals surface area contributed by atoms with Crippen molar-refractivity contribution >= 4 is 23.4 Å². The summed E-state index contributed by atoms with van der Waals surface area (Å²) in [7, 11) is 0. The van der Waals surface area contributed by atoms with E-state index in [1.807, 2.05) is 31.2 Å². The fraction of sp³-hybridized carbons (Fsp3) is 0.250. The molecule has 0 aliphatic heterocycles. The van der Waals surface area contributed by atoms with Crippen molar-refractivity contribution < 1.29 is 19.5 Å². The molecule has 7 heteroatoms. The minimum absolute atomic E-state index is 0.0368. The van der Waals surface area contributed by atoms with Gasteiger partial charge in [-0.15, -0.1) is 0 Å². The Labute approximate surface area is 157 Å². The lowest BCUT2D eigenvalue weighted by atomic mass is 10.1. The van der Waals surface area contributed by atoms with Gasteiger partial charge in [0.15, 0.2) is 0 Å². The van der Waals surface area contributed by atoms with Crippen LogP contribution in [0.4, 0.5) is 5.69 Å². The van der Waals surface area contributed by atoms with Gasteiger partial charge in [-0.1, -0.05) is 42.0 Å². The number of benzene rings is 2. The zero-order valence-electron chi connectivity index (χ0n) is 15.3. The molecule has 142 valence electrons. The molecule has 0 saturated carbocycles. The van der Waals surface area contributed by atoms with E-state index in [0.29, 0.717) is 6.54 Å². The van der Waals surface area contributed by atoms with Crippen molar-refractivity contribution in [3.8, 4) is 0 Å². The second-order valence-electron chi connectivity index (χ2n) is 6.23. The Balaban J connectivity index is 2.01. The Morgan fingerprint density at radius 1 is 0.963 bits per heavy atom. The summed E-state index contributed by atoms with van der Waals surface area (Å²) >= 11 is 0. The summed E-state index contributed by atoms with van der Waals surface area (Å²) in [6.45, 7) is 3.78. The zero-order valence-corrected chi connectivity index (χ0v) is 15.3. The van der Waals surface area contributed by atoms with Crippen LogP contribution >= 0.6 is 0 Å².